The fraction of sp³-hybridized carbons (Fsp3) is 0.818. The number of halogens is 1. The van der Waals surface area contributed by atoms with Crippen LogP contribution >= 0.6 is 11.6 Å². The Bertz CT molecular complexity index is 524. The van der Waals surface area contributed by atoms with Crippen LogP contribution in [0.5, 0.6) is 0 Å². The number of urea groups is 1. The van der Waals surface area contributed by atoms with E-state index in [-0.39, 0.29) is 24.1 Å². The Kier molecular flexibility index (Phi) is 4.27. The van der Waals surface area contributed by atoms with E-state index in [2.05, 4.69) is 10.6 Å². The number of amides is 3. The van der Waals surface area contributed by atoms with Crippen molar-refractivity contribution in [3.8, 4) is 0 Å². The molecule has 0 saturated carbocycles. The predicted molar refractivity (Wildman–Crippen MR) is 73.9 cm³/mol. The van der Waals surface area contributed by atoms with Crippen molar-refractivity contribution in [1.82, 2.24) is 14.9 Å². The molecule has 2 rings (SSSR count). The third kappa shape index (κ3) is 2.91. The number of sulfonamides is 1. The molecule has 2 saturated heterocycles. The van der Waals surface area contributed by atoms with Gasteiger partial charge in [-0.25, -0.2) is 13.2 Å². The molecule has 7 nitrogen and oxygen atoms in total. The van der Waals surface area contributed by atoms with E-state index in [4.69, 9.17) is 11.6 Å². The first-order chi connectivity index (χ1) is 9.29. The lowest BCUT2D eigenvalue weighted by molar-refractivity contribution is -0.125. The van der Waals surface area contributed by atoms with E-state index in [1.165, 1.54) is 4.31 Å². The first-order valence-corrected chi connectivity index (χ1v) is 8.61. The topological polar surface area (TPSA) is 95.6 Å². The number of hydrogen-bond donors (Lipinski definition) is 2. The van der Waals surface area contributed by atoms with Gasteiger partial charge in [0.1, 0.15) is 5.54 Å². The predicted octanol–water partition coefficient (Wildman–Crippen LogP) is -0.135. The fourth-order valence-electron chi connectivity index (χ4n) is 2.58. The summed E-state index contributed by atoms with van der Waals surface area (Å²) in [5.41, 5.74) is -1.12. The first-order valence-electron chi connectivity index (χ1n) is 6.46. The zero-order valence-corrected chi connectivity index (χ0v) is 12.8. The summed E-state index contributed by atoms with van der Waals surface area (Å²) in [6.45, 7) is 2.11. The minimum absolute atomic E-state index is 0.0120. The monoisotopic (exact) mass is 323 g/mol. The van der Waals surface area contributed by atoms with Crippen LogP contribution in [0.4, 0.5) is 4.79 Å². The van der Waals surface area contributed by atoms with Crippen LogP contribution in [0.15, 0.2) is 0 Å². The lowest BCUT2D eigenvalue weighted by atomic mass is 9.90. The van der Waals surface area contributed by atoms with E-state index in [0.29, 0.717) is 19.4 Å². The average Bonchev–Trinajstić information content (AvgIpc) is 2.63. The molecule has 0 aliphatic carbocycles. The van der Waals surface area contributed by atoms with Crippen LogP contribution in [0.3, 0.4) is 0 Å². The second-order valence-electron chi connectivity index (χ2n) is 5.47. The molecular weight excluding hydrogens is 306 g/mol. The van der Waals surface area contributed by atoms with Gasteiger partial charge in [0.15, 0.2) is 0 Å². The number of nitrogens with one attached hydrogen (secondary N) is 2. The van der Waals surface area contributed by atoms with Crippen molar-refractivity contribution in [1.29, 1.82) is 0 Å². The van der Waals surface area contributed by atoms with E-state index in [1.54, 1.807) is 6.92 Å². The van der Waals surface area contributed by atoms with E-state index in [0.717, 1.165) is 0 Å². The fourth-order valence-corrected chi connectivity index (χ4v) is 4.69. The highest BCUT2D eigenvalue weighted by Gasteiger charge is 2.50. The maximum absolute atomic E-state index is 12.3. The van der Waals surface area contributed by atoms with E-state index in [1.807, 2.05) is 0 Å². The maximum atomic E-state index is 12.3. The normalized spacial score (nSPS) is 29.3. The number of imide groups is 1. The molecule has 9 heteroatoms. The Labute approximate surface area is 123 Å². The molecule has 0 radical (unpaired) electrons. The second-order valence-corrected chi connectivity index (χ2v) is 7.79. The lowest BCUT2D eigenvalue weighted by Crippen LogP contribution is -2.59. The number of nitrogens with zero attached hydrogens (tertiary/aromatic N) is 1. The molecule has 2 unspecified atom stereocenters. The summed E-state index contributed by atoms with van der Waals surface area (Å²) in [6, 6.07) is -0.566. The molecule has 2 aliphatic heterocycles. The number of rotatable bonds is 4. The standard InChI is InChI=1S/C11H18ClN3O4S/c1-8(5-12)6-20(18,19)15-4-2-3-11(7-15)9(16)13-10(17)14-11/h8H,2-7H2,1H3,(H2,13,14,16,17). The molecule has 20 heavy (non-hydrogen) atoms. The van der Waals surface area contributed by atoms with Crippen molar-refractivity contribution in [2.45, 2.75) is 25.3 Å². The molecule has 2 aliphatic rings. The SMILES string of the molecule is CC(CCl)CS(=O)(=O)N1CCCC2(C1)NC(=O)NC2=O. The highest BCUT2D eigenvalue weighted by molar-refractivity contribution is 7.89. The summed E-state index contributed by atoms with van der Waals surface area (Å²) in [4.78, 5) is 23.2. The zero-order chi connectivity index (χ0) is 15.0. The van der Waals surface area contributed by atoms with Crippen molar-refractivity contribution < 1.29 is 18.0 Å². The van der Waals surface area contributed by atoms with Crippen molar-refractivity contribution >= 4 is 33.6 Å². The molecule has 2 fully saturated rings. The number of alkyl halides is 1. The average molecular weight is 324 g/mol. The lowest BCUT2D eigenvalue weighted by Gasteiger charge is -2.37. The van der Waals surface area contributed by atoms with Gasteiger partial charge in [-0.3, -0.25) is 10.1 Å². The van der Waals surface area contributed by atoms with Crippen LogP contribution in [-0.4, -0.2) is 54.9 Å². The minimum atomic E-state index is -3.48. The minimum Gasteiger partial charge on any atom is -0.322 e. The van der Waals surface area contributed by atoms with Crippen LogP contribution < -0.4 is 10.6 Å². The van der Waals surface area contributed by atoms with Crippen molar-refractivity contribution in [2.75, 3.05) is 24.7 Å². The van der Waals surface area contributed by atoms with Crippen molar-refractivity contribution in [3.05, 3.63) is 0 Å². The number of carbonyl (C=O) groups excluding carboxylic acids is 2. The van der Waals surface area contributed by atoms with E-state index in [9.17, 15) is 18.0 Å². The number of hydrogen-bond acceptors (Lipinski definition) is 4. The molecule has 0 aromatic rings. The first kappa shape index (κ1) is 15.5. The Hall–Kier alpha value is -0.860. The molecule has 1 spiro atoms. The van der Waals surface area contributed by atoms with Crippen LogP contribution in [0.25, 0.3) is 0 Å². The summed E-state index contributed by atoms with van der Waals surface area (Å²) in [5.74, 6) is -0.406. The van der Waals surface area contributed by atoms with Gasteiger partial charge in [0.05, 0.1) is 5.75 Å². The van der Waals surface area contributed by atoms with Gasteiger partial charge in [-0.2, -0.15) is 4.31 Å². The Morgan fingerprint density at radius 1 is 1.45 bits per heavy atom. The van der Waals surface area contributed by atoms with Gasteiger partial charge in [0, 0.05) is 19.0 Å². The van der Waals surface area contributed by atoms with Crippen LogP contribution in [0.1, 0.15) is 19.8 Å². The Morgan fingerprint density at radius 2 is 2.15 bits per heavy atom. The Morgan fingerprint density at radius 3 is 2.70 bits per heavy atom. The molecule has 0 bridgehead atoms. The molecule has 114 valence electrons. The van der Waals surface area contributed by atoms with Crippen LogP contribution in [-0.2, 0) is 14.8 Å². The van der Waals surface area contributed by atoms with Gasteiger partial charge in [0.2, 0.25) is 10.0 Å². The highest BCUT2D eigenvalue weighted by Crippen LogP contribution is 2.26. The smallest absolute Gasteiger partial charge is 0.322 e. The van der Waals surface area contributed by atoms with E-state index >= 15 is 0 Å². The second kappa shape index (κ2) is 5.50. The number of carbonyl (C=O) groups is 2. The van der Waals surface area contributed by atoms with Gasteiger partial charge in [-0.1, -0.05) is 6.92 Å². The molecule has 2 atom stereocenters. The highest BCUT2D eigenvalue weighted by atomic mass is 35.5. The summed E-state index contributed by atoms with van der Waals surface area (Å²) in [7, 11) is -3.48. The van der Waals surface area contributed by atoms with Gasteiger partial charge in [-0.15, -0.1) is 11.6 Å². The molecule has 0 aromatic heterocycles. The molecule has 0 aromatic carbocycles. The van der Waals surface area contributed by atoms with Crippen LogP contribution in [0, 0.1) is 5.92 Å². The summed E-state index contributed by atoms with van der Waals surface area (Å²) < 4.78 is 25.9. The summed E-state index contributed by atoms with van der Waals surface area (Å²) in [6.07, 6.45) is 0.976. The maximum Gasteiger partial charge on any atom is 0.322 e. The Balaban J connectivity index is 2.15. The third-order valence-corrected chi connectivity index (χ3v) is 6.24. The molecular formula is C11H18ClN3O4S. The van der Waals surface area contributed by atoms with Crippen LogP contribution in [0.2, 0.25) is 0 Å². The van der Waals surface area contributed by atoms with E-state index < -0.39 is 27.5 Å². The quantitative estimate of drug-likeness (QED) is 0.556. The van der Waals surface area contributed by atoms with Crippen molar-refractivity contribution in [2.24, 2.45) is 5.92 Å². The summed E-state index contributed by atoms with van der Waals surface area (Å²) >= 11 is 5.66. The van der Waals surface area contributed by atoms with Gasteiger partial charge < -0.3 is 5.32 Å². The third-order valence-electron chi connectivity index (χ3n) is 3.62. The van der Waals surface area contributed by atoms with Gasteiger partial charge in [0.25, 0.3) is 5.91 Å². The number of piperidine rings is 1. The molecule has 2 heterocycles. The summed E-state index contributed by atoms with van der Waals surface area (Å²) in [5, 5.41) is 4.73. The molecule has 3 amide bonds. The molecule has 2 N–H and O–H groups in total. The largest absolute Gasteiger partial charge is 0.322 e. The van der Waals surface area contributed by atoms with Gasteiger partial charge in [-0.05, 0) is 18.8 Å². The van der Waals surface area contributed by atoms with Crippen molar-refractivity contribution in [3.63, 3.8) is 0 Å². The van der Waals surface area contributed by atoms with Gasteiger partial charge >= 0.3 is 6.03 Å². The zero-order valence-electron chi connectivity index (χ0n) is 11.2.